The molecule has 16 heavy (non-hydrogen) atoms. The number of rotatable bonds is 6. The van der Waals surface area contributed by atoms with Crippen LogP contribution in [0.4, 0.5) is 11.6 Å². The Bertz CT molecular complexity index is 330. The van der Waals surface area contributed by atoms with E-state index in [0.717, 1.165) is 18.7 Å². The van der Waals surface area contributed by atoms with Gasteiger partial charge in [-0.2, -0.15) is 0 Å². The lowest BCUT2D eigenvalue weighted by Gasteiger charge is -2.14. The van der Waals surface area contributed by atoms with Gasteiger partial charge in [0.25, 0.3) is 0 Å². The van der Waals surface area contributed by atoms with Crippen molar-refractivity contribution in [2.24, 2.45) is 0 Å². The Labute approximate surface area is 96.4 Å². The van der Waals surface area contributed by atoms with Gasteiger partial charge < -0.3 is 15.8 Å². The molecule has 0 aliphatic heterocycles. The number of nitrogens with zero attached hydrogens (tertiary/aromatic N) is 2. The Hall–Kier alpha value is -1.36. The summed E-state index contributed by atoms with van der Waals surface area (Å²) >= 11 is 0. The second-order valence-electron chi connectivity index (χ2n) is 3.86. The second-order valence-corrected chi connectivity index (χ2v) is 3.86. The molecule has 0 radical (unpaired) electrons. The third-order valence-corrected chi connectivity index (χ3v) is 2.18. The Morgan fingerprint density at radius 3 is 2.88 bits per heavy atom. The molecule has 0 saturated heterocycles. The molecule has 0 aliphatic carbocycles. The van der Waals surface area contributed by atoms with E-state index in [2.05, 4.69) is 29.1 Å². The topological polar surface area (TPSA) is 73.1 Å². The van der Waals surface area contributed by atoms with E-state index in [1.54, 1.807) is 13.2 Å². The van der Waals surface area contributed by atoms with Crippen LogP contribution in [0, 0.1) is 0 Å². The van der Waals surface area contributed by atoms with Crippen molar-refractivity contribution in [2.75, 3.05) is 18.2 Å². The molecule has 1 aromatic rings. The maximum atomic E-state index is 5.69. The quantitative estimate of drug-likeness (QED) is 0.771. The first-order chi connectivity index (χ1) is 7.65. The lowest BCUT2D eigenvalue weighted by Crippen LogP contribution is -2.16. The van der Waals surface area contributed by atoms with E-state index in [1.165, 1.54) is 0 Å². The van der Waals surface area contributed by atoms with Crippen molar-refractivity contribution < 1.29 is 4.74 Å². The summed E-state index contributed by atoms with van der Waals surface area (Å²) in [5.41, 5.74) is 5.69. The summed E-state index contributed by atoms with van der Waals surface area (Å²) in [6.07, 6.45) is 2.24. The van der Waals surface area contributed by atoms with Crippen LogP contribution < -0.4 is 11.1 Å². The Kier molecular flexibility index (Phi) is 4.98. The number of ether oxygens (including phenoxy) is 1. The number of nitrogens with one attached hydrogen (secondary N) is 1. The van der Waals surface area contributed by atoms with Gasteiger partial charge in [-0.3, -0.25) is 0 Å². The number of nitrogens with two attached hydrogens (primary N) is 1. The van der Waals surface area contributed by atoms with Gasteiger partial charge in [-0.05, 0) is 13.3 Å². The van der Waals surface area contributed by atoms with E-state index >= 15 is 0 Å². The Morgan fingerprint density at radius 2 is 2.25 bits per heavy atom. The molecule has 0 bridgehead atoms. The summed E-state index contributed by atoms with van der Waals surface area (Å²) in [6.45, 7) is 4.66. The standard InChI is InChI=1S/C11H20N4O/c1-4-5-8(2)13-10-6-9(12)14-11(15-10)7-16-3/h6,8H,4-5,7H2,1-3H3,(H3,12,13,14,15). The molecule has 0 amide bonds. The third kappa shape index (κ3) is 4.02. The fourth-order valence-corrected chi connectivity index (χ4v) is 1.54. The van der Waals surface area contributed by atoms with Crippen LogP contribution in [-0.2, 0) is 11.3 Å². The van der Waals surface area contributed by atoms with Gasteiger partial charge in [0, 0.05) is 19.2 Å². The highest BCUT2D eigenvalue weighted by molar-refractivity contribution is 5.45. The third-order valence-electron chi connectivity index (χ3n) is 2.18. The predicted octanol–water partition coefficient (Wildman–Crippen LogP) is 1.81. The molecule has 3 N–H and O–H groups in total. The van der Waals surface area contributed by atoms with Crippen LogP contribution in [0.25, 0.3) is 0 Å². The van der Waals surface area contributed by atoms with Gasteiger partial charge >= 0.3 is 0 Å². The SMILES string of the molecule is CCCC(C)Nc1cc(N)nc(COC)n1. The lowest BCUT2D eigenvalue weighted by molar-refractivity contribution is 0.178. The van der Waals surface area contributed by atoms with Crippen molar-refractivity contribution >= 4 is 11.6 Å². The summed E-state index contributed by atoms with van der Waals surface area (Å²) in [5.74, 6) is 1.84. The normalized spacial score (nSPS) is 12.4. The van der Waals surface area contributed by atoms with E-state index in [-0.39, 0.29) is 0 Å². The Balaban J connectivity index is 2.71. The highest BCUT2D eigenvalue weighted by atomic mass is 16.5. The lowest BCUT2D eigenvalue weighted by atomic mass is 10.2. The minimum Gasteiger partial charge on any atom is -0.384 e. The molecule has 0 fully saturated rings. The van der Waals surface area contributed by atoms with E-state index in [9.17, 15) is 0 Å². The van der Waals surface area contributed by atoms with Crippen molar-refractivity contribution in [2.45, 2.75) is 39.3 Å². The molecule has 1 aromatic heterocycles. The zero-order valence-corrected chi connectivity index (χ0v) is 10.2. The van der Waals surface area contributed by atoms with Crippen LogP contribution >= 0.6 is 0 Å². The van der Waals surface area contributed by atoms with Crippen molar-refractivity contribution in [3.8, 4) is 0 Å². The summed E-state index contributed by atoms with van der Waals surface area (Å²) < 4.78 is 4.98. The molecular formula is C11H20N4O. The van der Waals surface area contributed by atoms with Gasteiger partial charge in [0.15, 0.2) is 5.82 Å². The molecule has 0 spiro atoms. The molecule has 5 nitrogen and oxygen atoms in total. The van der Waals surface area contributed by atoms with E-state index in [0.29, 0.717) is 24.3 Å². The number of hydrogen-bond donors (Lipinski definition) is 2. The minimum atomic E-state index is 0.377. The first-order valence-electron chi connectivity index (χ1n) is 5.54. The van der Waals surface area contributed by atoms with Crippen molar-refractivity contribution in [3.63, 3.8) is 0 Å². The first-order valence-corrected chi connectivity index (χ1v) is 5.54. The second kappa shape index (κ2) is 6.27. The zero-order chi connectivity index (χ0) is 12.0. The van der Waals surface area contributed by atoms with Crippen LogP contribution in [0.15, 0.2) is 6.07 Å². The van der Waals surface area contributed by atoms with Crippen molar-refractivity contribution in [1.29, 1.82) is 0 Å². The number of methoxy groups -OCH3 is 1. The largest absolute Gasteiger partial charge is 0.384 e. The van der Waals surface area contributed by atoms with Gasteiger partial charge in [0.1, 0.15) is 18.2 Å². The highest BCUT2D eigenvalue weighted by Crippen LogP contribution is 2.11. The Morgan fingerprint density at radius 1 is 1.50 bits per heavy atom. The molecule has 0 aromatic carbocycles. The molecule has 5 heteroatoms. The van der Waals surface area contributed by atoms with Crippen LogP contribution in [0.2, 0.25) is 0 Å². The molecule has 0 saturated carbocycles. The van der Waals surface area contributed by atoms with Crippen LogP contribution in [0.5, 0.6) is 0 Å². The molecule has 90 valence electrons. The van der Waals surface area contributed by atoms with E-state index in [1.807, 2.05) is 0 Å². The molecule has 1 unspecified atom stereocenters. The van der Waals surface area contributed by atoms with Crippen molar-refractivity contribution in [3.05, 3.63) is 11.9 Å². The molecule has 1 rings (SSSR count). The van der Waals surface area contributed by atoms with Gasteiger partial charge in [-0.15, -0.1) is 0 Å². The average Bonchev–Trinajstić information content (AvgIpc) is 2.17. The number of aromatic nitrogens is 2. The number of nitrogen functional groups attached to an aromatic ring is 1. The smallest absolute Gasteiger partial charge is 0.158 e. The summed E-state index contributed by atoms with van der Waals surface area (Å²) in [5, 5.41) is 3.30. The number of hydrogen-bond acceptors (Lipinski definition) is 5. The van der Waals surface area contributed by atoms with Crippen molar-refractivity contribution in [1.82, 2.24) is 9.97 Å². The van der Waals surface area contributed by atoms with E-state index in [4.69, 9.17) is 10.5 Å². The highest BCUT2D eigenvalue weighted by Gasteiger charge is 2.05. The predicted molar refractivity (Wildman–Crippen MR) is 65.2 cm³/mol. The molecule has 1 atom stereocenters. The van der Waals surface area contributed by atoms with E-state index < -0.39 is 0 Å². The fourth-order valence-electron chi connectivity index (χ4n) is 1.54. The fraction of sp³-hybridized carbons (Fsp3) is 0.636. The average molecular weight is 224 g/mol. The zero-order valence-electron chi connectivity index (χ0n) is 10.2. The summed E-state index contributed by atoms with van der Waals surface area (Å²) in [4.78, 5) is 8.40. The number of anilines is 2. The van der Waals surface area contributed by atoms with Crippen LogP contribution in [0.1, 0.15) is 32.5 Å². The summed E-state index contributed by atoms with van der Waals surface area (Å²) in [7, 11) is 1.61. The molecule has 0 aliphatic rings. The maximum absolute atomic E-state index is 5.69. The van der Waals surface area contributed by atoms with Crippen LogP contribution in [-0.4, -0.2) is 23.1 Å². The monoisotopic (exact) mass is 224 g/mol. The van der Waals surface area contributed by atoms with Crippen LogP contribution in [0.3, 0.4) is 0 Å². The maximum Gasteiger partial charge on any atom is 0.158 e. The summed E-state index contributed by atoms with van der Waals surface area (Å²) in [6, 6.07) is 2.13. The van der Waals surface area contributed by atoms with Gasteiger partial charge in [0.05, 0.1) is 0 Å². The van der Waals surface area contributed by atoms with Gasteiger partial charge in [0.2, 0.25) is 0 Å². The van der Waals surface area contributed by atoms with Gasteiger partial charge in [-0.25, -0.2) is 9.97 Å². The molecular weight excluding hydrogens is 204 g/mol. The van der Waals surface area contributed by atoms with Gasteiger partial charge in [-0.1, -0.05) is 13.3 Å². The molecule has 1 heterocycles. The minimum absolute atomic E-state index is 0.377. The first kappa shape index (κ1) is 12.7.